The first-order valence-corrected chi connectivity index (χ1v) is 18.9. The van der Waals surface area contributed by atoms with Crippen LogP contribution in [0.2, 0.25) is 0 Å². The van der Waals surface area contributed by atoms with Gasteiger partial charge in [0.2, 0.25) is 0 Å². The fraction of sp³-hybridized carbons (Fsp3) is 0. The maximum atomic E-state index is 6.58. The van der Waals surface area contributed by atoms with Crippen molar-refractivity contribution in [2.75, 3.05) is 0 Å². The first-order valence-electron chi connectivity index (χ1n) is 17.2. The summed E-state index contributed by atoms with van der Waals surface area (Å²) in [6.45, 7) is 0. The van der Waals surface area contributed by atoms with Crippen LogP contribution in [0.25, 0.3) is 87.6 Å². The topological polar surface area (TPSA) is 13.1 Å². The van der Waals surface area contributed by atoms with E-state index in [2.05, 4.69) is 164 Å². The van der Waals surface area contributed by atoms with E-state index in [1.807, 2.05) is 29.6 Å². The van der Waals surface area contributed by atoms with Crippen molar-refractivity contribution in [1.29, 1.82) is 0 Å². The van der Waals surface area contributed by atoms with E-state index in [0.717, 1.165) is 33.1 Å². The second-order valence-corrected chi connectivity index (χ2v) is 15.4. The van der Waals surface area contributed by atoms with Gasteiger partial charge >= 0.3 is 0 Å². The minimum absolute atomic E-state index is 0.912. The van der Waals surface area contributed by atoms with Gasteiger partial charge in [-0.3, -0.25) is 0 Å². The van der Waals surface area contributed by atoms with Gasteiger partial charge in [0.15, 0.2) is 0 Å². The van der Waals surface area contributed by atoms with Crippen molar-refractivity contribution >= 4 is 77.8 Å². The number of fused-ring (bicyclic) bond motifs is 11. The van der Waals surface area contributed by atoms with E-state index in [-0.39, 0.29) is 0 Å². The Labute approximate surface area is 303 Å². The molecule has 0 amide bonds. The van der Waals surface area contributed by atoms with E-state index in [0.29, 0.717) is 0 Å². The molecule has 51 heavy (non-hydrogen) atoms. The van der Waals surface area contributed by atoms with Crippen LogP contribution in [-0.2, 0) is 0 Å². The van der Waals surface area contributed by atoms with Crippen molar-refractivity contribution in [3.05, 3.63) is 170 Å². The maximum Gasteiger partial charge on any atom is 0.143 e. The van der Waals surface area contributed by atoms with E-state index in [1.165, 1.54) is 74.2 Å². The predicted octanol–water partition coefficient (Wildman–Crippen LogP) is 14.7. The lowest BCUT2D eigenvalue weighted by atomic mass is 9.89. The van der Waals surface area contributed by atoms with Gasteiger partial charge in [0.05, 0.1) is 0 Å². The highest BCUT2D eigenvalue weighted by Crippen LogP contribution is 2.50. The van der Waals surface area contributed by atoms with Crippen LogP contribution in [0.3, 0.4) is 0 Å². The summed E-state index contributed by atoms with van der Waals surface area (Å²) in [5.41, 5.74) is 8.84. The molecule has 0 saturated heterocycles. The van der Waals surface area contributed by atoms with Gasteiger partial charge in [-0.05, 0) is 115 Å². The third-order valence-corrected chi connectivity index (χ3v) is 12.8. The molecular weight excluding hydrogens is 657 g/mol. The molecule has 0 unspecified atom stereocenters. The van der Waals surface area contributed by atoms with Crippen molar-refractivity contribution in [2.24, 2.45) is 0 Å². The Morgan fingerprint density at radius 1 is 0.294 bits per heavy atom. The Morgan fingerprint density at radius 3 is 1.53 bits per heavy atom. The quantitative estimate of drug-likeness (QED) is 0.172. The van der Waals surface area contributed by atoms with Gasteiger partial charge in [0.25, 0.3) is 0 Å². The van der Waals surface area contributed by atoms with E-state index in [1.54, 1.807) is 0 Å². The molecule has 0 spiro atoms. The summed E-state index contributed by atoms with van der Waals surface area (Å²) in [4.78, 5) is 5.24. The molecule has 10 aromatic rings. The Bertz CT molecular complexity index is 3010. The number of rotatable bonds is 3. The second kappa shape index (κ2) is 11.4. The average Bonchev–Trinajstić information content (AvgIpc) is 3.59. The lowest BCUT2D eigenvalue weighted by Gasteiger charge is -2.19. The SMILES string of the molecule is c1ccc2c(c1)Sc1ccc(-c3cc(-c4ccc5c6ccccc6c6ccccc6c5c4)cc(-c4cccc5c4oc4ccccc45)c3)cc1S2. The number of hydrogen-bond donors (Lipinski definition) is 0. The Balaban J connectivity index is 1.14. The zero-order chi connectivity index (χ0) is 33.5. The average molecular weight is 685 g/mol. The smallest absolute Gasteiger partial charge is 0.143 e. The highest BCUT2D eigenvalue weighted by Gasteiger charge is 2.19. The lowest BCUT2D eigenvalue weighted by molar-refractivity contribution is 0.670. The minimum atomic E-state index is 0.912. The third-order valence-electron chi connectivity index (χ3n) is 10.3. The van der Waals surface area contributed by atoms with E-state index in [4.69, 9.17) is 4.42 Å². The Hall–Kier alpha value is -5.74. The van der Waals surface area contributed by atoms with Gasteiger partial charge in [0, 0.05) is 35.9 Å². The largest absolute Gasteiger partial charge is 0.455 e. The summed E-state index contributed by atoms with van der Waals surface area (Å²) in [5.74, 6) is 0. The summed E-state index contributed by atoms with van der Waals surface area (Å²) < 4.78 is 6.58. The summed E-state index contributed by atoms with van der Waals surface area (Å²) in [6, 6.07) is 62.1. The molecule has 0 bridgehead atoms. The monoisotopic (exact) mass is 684 g/mol. The molecule has 0 saturated carbocycles. The van der Waals surface area contributed by atoms with Crippen LogP contribution in [0.15, 0.2) is 194 Å². The van der Waals surface area contributed by atoms with Gasteiger partial charge < -0.3 is 4.42 Å². The molecule has 1 aliphatic rings. The van der Waals surface area contributed by atoms with Crippen molar-refractivity contribution in [2.45, 2.75) is 19.6 Å². The minimum Gasteiger partial charge on any atom is -0.455 e. The summed E-state index contributed by atoms with van der Waals surface area (Å²) in [7, 11) is 0. The number of hydrogen-bond acceptors (Lipinski definition) is 3. The first-order chi connectivity index (χ1) is 25.2. The molecule has 2 heterocycles. The Kier molecular flexibility index (Phi) is 6.49. The summed E-state index contributed by atoms with van der Waals surface area (Å²) >= 11 is 3.72. The molecule has 11 rings (SSSR count). The molecule has 1 nitrogen and oxygen atoms in total. The Morgan fingerprint density at radius 2 is 0.804 bits per heavy atom. The van der Waals surface area contributed by atoms with Gasteiger partial charge in [0.1, 0.15) is 11.2 Å². The molecule has 1 aromatic heterocycles. The van der Waals surface area contributed by atoms with Crippen molar-refractivity contribution < 1.29 is 4.42 Å². The van der Waals surface area contributed by atoms with E-state index in [9.17, 15) is 0 Å². The molecule has 0 N–H and O–H groups in total. The van der Waals surface area contributed by atoms with Crippen LogP contribution < -0.4 is 0 Å². The summed E-state index contributed by atoms with van der Waals surface area (Å²) in [6.07, 6.45) is 0. The van der Waals surface area contributed by atoms with Crippen molar-refractivity contribution in [3.63, 3.8) is 0 Å². The maximum absolute atomic E-state index is 6.58. The predicted molar refractivity (Wildman–Crippen MR) is 217 cm³/mol. The van der Waals surface area contributed by atoms with Crippen LogP contribution >= 0.6 is 23.5 Å². The molecule has 0 atom stereocenters. The molecule has 0 aliphatic carbocycles. The van der Waals surface area contributed by atoms with Gasteiger partial charge in [-0.2, -0.15) is 0 Å². The van der Waals surface area contributed by atoms with Crippen LogP contribution in [0.4, 0.5) is 0 Å². The van der Waals surface area contributed by atoms with Gasteiger partial charge in [-0.15, -0.1) is 0 Å². The standard InChI is InChI=1S/C48H28OS2/c1-2-12-37-35(10-1)36-11-3-4-13-38(36)42-27-29(20-22-39(37)42)31-24-32(30-21-23-46-47(28-30)51-45-19-8-7-18-44(45)50-46)26-33(25-31)34-15-9-16-41-40-14-5-6-17-43(40)49-48(34)41/h1-28H. The van der Waals surface area contributed by atoms with Crippen LogP contribution in [0.1, 0.15) is 0 Å². The molecule has 238 valence electrons. The zero-order valence-electron chi connectivity index (χ0n) is 27.4. The molecule has 3 heteroatoms. The molecule has 0 fully saturated rings. The zero-order valence-corrected chi connectivity index (χ0v) is 29.0. The molecular formula is C48H28OS2. The lowest BCUT2D eigenvalue weighted by Crippen LogP contribution is -1.91. The highest BCUT2D eigenvalue weighted by atomic mass is 32.2. The van der Waals surface area contributed by atoms with E-state index < -0.39 is 0 Å². The van der Waals surface area contributed by atoms with Gasteiger partial charge in [-0.1, -0.05) is 139 Å². The second-order valence-electron chi connectivity index (χ2n) is 13.2. The fourth-order valence-corrected chi connectivity index (χ4v) is 10.1. The molecule has 1 aliphatic heterocycles. The number of benzene rings is 9. The molecule has 0 radical (unpaired) electrons. The fourth-order valence-electron chi connectivity index (χ4n) is 7.89. The first kappa shape index (κ1) is 29.0. The van der Waals surface area contributed by atoms with Crippen LogP contribution in [0.5, 0.6) is 0 Å². The molecule has 9 aromatic carbocycles. The number of para-hydroxylation sites is 2. The number of furan rings is 1. The highest BCUT2D eigenvalue weighted by molar-refractivity contribution is 8.05. The van der Waals surface area contributed by atoms with Crippen molar-refractivity contribution in [1.82, 2.24) is 0 Å². The van der Waals surface area contributed by atoms with Crippen LogP contribution in [0, 0.1) is 0 Å². The van der Waals surface area contributed by atoms with Gasteiger partial charge in [-0.25, -0.2) is 0 Å². The van der Waals surface area contributed by atoms with Crippen LogP contribution in [-0.4, -0.2) is 0 Å². The normalized spacial score (nSPS) is 12.5. The van der Waals surface area contributed by atoms with E-state index >= 15 is 0 Å². The summed E-state index contributed by atoms with van der Waals surface area (Å²) in [5, 5.41) is 9.98. The van der Waals surface area contributed by atoms with Crippen molar-refractivity contribution in [3.8, 4) is 33.4 Å². The third kappa shape index (κ3) is 4.66.